The standard InChI is InChI=1S/C14H21ClN2S/c15-14-4-3-13(18-14)8-12(17-16)7-11-6-9-1-2-10(11)5-9/h3-4,9-12,17H,1-2,5-8,16H2. The predicted molar refractivity (Wildman–Crippen MR) is 77.7 cm³/mol. The summed E-state index contributed by atoms with van der Waals surface area (Å²) in [6.07, 6.45) is 8.09. The lowest BCUT2D eigenvalue weighted by molar-refractivity contribution is 0.278. The first-order valence-electron chi connectivity index (χ1n) is 6.95. The summed E-state index contributed by atoms with van der Waals surface area (Å²) in [6, 6.07) is 4.51. The van der Waals surface area contributed by atoms with Gasteiger partial charge in [-0.05, 0) is 62.0 Å². The molecule has 3 N–H and O–H groups in total. The SMILES string of the molecule is NNC(Cc1ccc(Cl)s1)CC1CC2CCC1C2. The van der Waals surface area contributed by atoms with Crippen molar-refractivity contribution >= 4 is 22.9 Å². The molecule has 2 fully saturated rings. The van der Waals surface area contributed by atoms with Crippen molar-refractivity contribution in [1.82, 2.24) is 5.43 Å². The number of halogens is 1. The average Bonchev–Trinajstić information content (AvgIpc) is 3.05. The van der Waals surface area contributed by atoms with Crippen LogP contribution in [0.5, 0.6) is 0 Å². The molecule has 0 radical (unpaired) electrons. The maximum Gasteiger partial charge on any atom is 0.0931 e. The van der Waals surface area contributed by atoms with E-state index >= 15 is 0 Å². The summed E-state index contributed by atoms with van der Waals surface area (Å²) in [4.78, 5) is 1.34. The molecule has 0 aromatic carbocycles. The van der Waals surface area contributed by atoms with Crippen molar-refractivity contribution in [2.45, 2.75) is 44.6 Å². The van der Waals surface area contributed by atoms with Gasteiger partial charge in [-0.1, -0.05) is 18.0 Å². The number of hydrazine groups is 1. The van der Waals surface area contributed by atoms with Gasteiger partial charge in [0.1, 0.15) is 0 Å². The highest BCUT2D eigenvalue weighted by atomic mass is 35.5. The monoisotopic (exact) mass is 284 g/mol. The molecule has 4 heteroatoms. The van der Waals surface area contributed by atoms with E-state index in [0.29, 0.717) is 6.04 Å². The van der Waals surface area contributed by atoms with Gasteiger partial charge >= 0.3 is 0 Å². The molecule has 2 aliphatic rings. The fourth-order valence-electron chi connectivity index (χ4n) is 3.95. The maximum absolute atomic E-state index is 5.98. The average molecular weight is 285 g/mol. The van der Waals surface area contributed by atoms with Gasteiger partial charge in [0.25, 0.3) is 0 Å². The van der Waals surface area contributed by atoms with Crippen molar-refractivity contribution in [3.05, 3.63) is 21.3 Å². The molecule has 18 heavy (non-hydrogen) atoms. The Morgan fingerprint density at radius 1 is 1.39 bits per heavy atom. The summed E-state index contributed by atoms with van der Waals surface area (Å²) >= 11 is 7.65. The molecule has 0 aliphatic heterocycles. The second-order valence-corrected chi connectivity index (χ2v) is 7.74. The quantitative estimate of drug-likeness (QED) is 0.640. The minimum absolute atomic E-state index is 0.407. The second kappa shape index (κ2) is 5.49. The molecule has 2 aliphatic carbocycles. The molecule has 3 rings (SSSR count). The van der Waals surface area contributed by atoms with Gasteiger partial charge in [-0.3, -0.25) is 11.3 Å². The van der Waals surface area contributed by atoms with E-state index in [2.05, 4.69) is 11.5 Å². The fourth-order valence-corrected chi connectivity index (χ4v) is 5.11. The molecule has 1 aromatic rings. The number of fused-ring (bicyclic) bond motifs is 2. The number of thiophene rings is 1. The zero-order valence-corrected chi connectivity index (χ0v) is 12.1. The van der Waals surface area contributed by atoms with Gasteiger partial charge in [0.2, 0.25) is 0 Å². The van der Waals surface area contributed by atoms with Gasteiger partial charge in [0, 0.05) is 10.9 Å². The van der Waals surface area contributed by atoms with Gasteiger partial charge in [-0.15, -0.1) is 11.3 Å². The van der Waals surface area contributed by atoms with Crippen molar-refractivity contribution in [2.24, 2.45) is 23.6 Å². The highest BCUT2D eigenvalue weighted by molar-refractivity contribution is 7.16. The summed E-state index contributed by atoms with van der Waals surface area (Å²) in [5.74, 6) is 8.64. The van der Waals surface area contributed by atoms with Crippen LogP contribution >= 0.6 is 22.9 Å². The van der Waals surface area contributed by atoms with Gasteiger partial charge < -0.3 is 0 Å². The molecule has 100 valence electrons. The molecule has 2 nitrogen and oxygen atoms in total. The molecule has 0 spiro atoms. The normalized spacial score (nSPS) is 32.0. The second-order valence-electron chi connectivity index (χ2n) is 5.94. The van der Waals surface area contributed by atoms with Crippen LogP contribution in [-0.2, 0) is 6.42 Å². The lowest BCUT2D eigenvalue weighted by atomic mass is 9.83. The molecule has 1 aromatic heterocycles. The van der Waals surface area contributed by atoms with Crippen LogP contribution in [0, 0.1) is 17.8 Å². The maximum atomic E-state index is 5.98. The van der Waals surface area contributed by atoms with E-state index in [4.69, 9.17) is 17.4 Å². The Morgan fingerprint density at radius 2 is 2.28 bits per heavy atom. The number of nitrogens with two attached hydrogens (primary N) is 1. The Bertz CT molecular complexity index is 406. The molecule has 4 atom stereocenters. The van der Waals surface area contributed by atoms with Crippen molar-refractivity contribution in [1.29, 1.82) is 0 Å². The summed E-state index contributed by atoms with van der Waals surface area (Å²) in [5.41, 5.74) is 3.01. The van der Waals surface area contributed by atoms with Crippen LogP contribution in [-0.4, -0.2) is 6.04 Å². The summed E-state index contributed by atoms with van der Waals surface area (Å²) in [6.45, 7) is 0. The molecule has 2 saturated carbocycles. The van der Waals surface area contributed by atoms with Crippen LogP contribution in [0.1, 0.15) is 37.0 Å². The van der Waals surface area contributed by atoms with E-state index in [1.807, 2.05) is 6.07 Å². The topological polar surface area (TPSA) is 38.0 Å². The van der Waals surface area contributed by atoms with Gasteiger partial charge in [-0.2, -0.15) is 0 Å². The first-order valence-corrected chi connectivity index (χ1v) is 8.14. The number of hydrogen-bond acceptors (Lipinski definition) is 3. The van der Waals surface area contributed by atoms with E-state index in [0.717, 1.165) is 28.5 Å². The van der Waals surface area contributed by atoms with Crippen LogP contribution in [0.4, 0.5) is 0 Å². The van der Waals surface area contributed by atoms with Crippen LogP contribution < -0.4 is 11.3 Å². The van der Waals surface area contributed by atoms with E-state index in [1.165, 1.54) is 37.0 Å². The minimum Gasteiger partial charge on any atom is -0.271 e. The van der Waals surface area contributed by atoms with Gasteiger partial charge in [0.15, 0.2) is 0 Å². The molecule has 4 unspecified atom stereocenters. The zero-order valence-electron chi connectivity index (χ0n) is 10.6. The van der Waals surface area contributed by atoms with Crippen molar-refractivity contribution in [3.8, 4) is 0 Å². The van der Waals surface area contributed by atoms with E-state index in [1.54, 1.807) is 11.3 Å². The predicted octanol–water partition coefficient (Wildman–Crippen LogP) is 3.60. The lowest BCUT2D eigenvalue weighted by Crippen LogP contribution is -2.38. The minimum atomic E-state index is 0.407. The Balaban J connectivity index is 1.56. The van der Waals surface area contributed by atoms with Gasteiger partial charge in [0.05, 0.1) is 4.34 Å². The Labute approximate surface area is 118 Å². The smallest absolute Gasteiger partial charge is 0.0931 e. The third-order valence-electron chi connectivity index (χ3n) is 4.78. The first-order chi connectivity index (χ1) is 8.74. The van der Waals surface area contributed by atoms with Crippen LogP contribution in [0.25, 0.3) is 0 Å². The lowest BCUT2D eigenvalue weighted by Gasteiger charge is -2.26. The molecule has 0 saturated heterocycles. The van der Waals surface area contributed by atoms with Crippen molar-refractivity contribution in [3.63, 3.8) is 0 Å². The molecule has 2 bridgehead atoms. The van der Waals surface area contributed by atoms with E-state index in [-0.39, 0.29) is 0 Å². The fraction of sp³-hybridized carbons (Fsp3) is 0.714. The summed E-state index contributed by atoms with van der Waals surface area (Å²) < 4.78 is 0.876. The van der Waals surface area contributed by atoms with Crippen LogP contribution in [0.2, 0.25) is 4.34 Å². The van der Waals surface area contributed by atoms with E-state index in [9.17, 15) is 0 Å². The highest BCUT2D eigenvalue weighted by Crippen LogP contribution is 2.50. The third kappa shape index (κ3) is 2.74. The Kier molecular flexibility index (Phi) is 3.94. The van der Waals surface area contributed by atoms with Crippen LogP contribution in [0.15, 0.2) is 12.1 Å². The summed E-state index contributed by atoms with van der Waals surface area (Å²) in [7, 11) is 0. The summed E-state index contributed by atoms with van der Waals surface area (Å²) in [5, 5.41) is 0. The number of hydrogen-bond donors (Lipinski definition) is 2. The molecule has 1 heterocycles. The van der Waals surface area contributed by atoms with Crippen molar-refractivity contribution in [2.75, 3.05) is 0 Å². The zero-order chi connectivity index (χ0) is 12.5. The van der Waals surface area contributed by atoms with Crippen molar-refractivity contribution < 1.29 is 0 Å². The molecular weight excluding hydrogens is 264 g/mol. The van der Waals surface area contributed by atoms with E-state index < -0.39 is 0 Å². The van der Waals surface area contributed by atoms with Crippen LogP contribution in [0.3, 0.4) is 0 Å². The molecular formula is C14H21ClN2S. The number of nitrogens with one attached hydrogen (secondary N) is 1. The van der Waals surface area contributed by atoms with Gasteiger partial charge in [-0.25, -0.2) is 0 Å². The highest BCUT2D eigenvalue weighted by Gasteiger charge is 2.39. The largest absolute Gasteiger partial charge is 0.271 e. The third-order valence-corrected chi connectivity index (χ3v) is 6.04. The molecule has 0 amide bonds. The first kappa shape index (κ1) is 12.9. The Morgan fingerprint density at radius 3 is 2.83 bits per heavy atom. The Hall–Kier alpha value is -0.0900. The number of rotatable bonds is 5.